The molecule has 206 valence electrons. The second-order valence-electron chi connectivity index (χ2n) is 14.0. The zero-order valence-corrected chi connectivity index (χ0v) is 25.4. The molecule has 0 amide bonds. The third-order valence-electron chi connectivity index (χ3n) is 11.0. The number of carboxylic acid groups (broad SMARTS) is 1. The third kappa shape index (κ3) is 4.95. The standard InChI is InChI=1S/C32H50O4Si/c1-9-32-19-18-22-20-24(35-6)14-15-25(22)29(32)23(12-10-11-13-28(33)34)21-31(5)26(32)16-17-27(31)36-37(7,8)30(2,3)4/h9,14-15,20,23,26-27,29H,1,10-13,16-19,21H2,2-8H3,(H,33,34)/t23-,26+,27-,29+,31-,32-/m0/s1. The van der Waals surface area contributed by atoms with Crippen LogP contribution in [-0.4, -0.2) is 32.6 Å². The van der Waals surface area contributed by atoms with Gasteiger partial charge in [0.2, 0.25) is 0 Å². The molecule has 37 heavy (non-hydrogen) atoms. The van der Waals surface area contributed by atoms with Crippen LogP contribution in [0, 0.1) is 22.7 Å². The number of methoxy groups -OCH3 is 1. The molecular weight excluding hydrogens is 476 g/mol. The molecule has 2 saturated carbocycles. The Hall–Kier alpha value is -1.59. The molecule has 4 nitrogen and oxygen atoms in total. The molecule has 0 radical (unpaired) electrons. The SMILES string of the molecule is C=C[C@@]12CCc3cc(OC)ccc3[C@H]1[C@@H](CCCCC(=O)O)C[C@]1(C)[C@@H](O[Si](C)(C)C(C)(C)C)CC[C@H]12. The lowest BCUT2D eigenvalue weighted by Crippen LogP contribution is -2.56. The second kappa shape index (κ2) is 10.2. The van der Waals surface area contributed by atoms with Gasteiger partial charge in [-0.1, -0.05) is 46.3 Å². The topological polar surface area (TPSA) is 55.8 Å². The number of hydrogen-bond acceptors (Lipinski definition) is 3. The number of aryl methyl sites for hydroxylation is 1. The molecule has 0 spiro atoms. The van der Waals surface area contributed by atoms with Crippen molar-refractivity contribution >= 4 is 14.3 Å². The summed E-state index contributed by atoms with van der Waals surface area (Å²) >= 11 is 0. The molecule has 1 aromatic carbocycles. The Morgan fingerprint density at radius 2 is 1.97 bits per heavy atom. The van der Waals surface area contributed by atoms with Gasteiger partial charge in [0.1, 0.15) is 5.75 Å². The van der Waals surface area contributed by atoms with E-state index in [1.54, 1.807) is 7.11 Å². The largest absolute Gasteiger partial charge is 0.497 e. The lowest BCUT2D eigenvalue weighted by atomic mass is 9.44. The monoisotopic (exact) mass is 526 g/mol. The van der Waals surface area contributed by atoms with Crippen molar-refractivity contribution < 1.29 is 19.1 Å². The van der Waals surface area contributed by atoms with Crippen LogP contribution in [0.1, 0.15) is 96.1 Å². The third-order valence-corrected chi connectivity index (χ3v) is 15.5. The highest BCUT2D eigenvalue weighted by Gasteiger charge is 2.64. The Morgan fingerprint density at radius 1 is 1.24 bits per heavy atom. The molecule has 0 heterocycles. The summed E-state index contributed by atoms with van der Waals surface area (Å²) in [7, 11) is -0.163. The summed E-state index contributed by atoms with van der Waals surface area (Å²) in [6.45, 7) is 18.9. The van der Waals surface area contributed by atoms with Crippen molar-refractivity contribution in [3.8, 4) is 5.75 Å². The number of ether oxygens (including phenoxy) is 1. The Kier molecular flexibility index (Phi) is 7.82. The van der Waals surface area contributed by atoms with E-state index < -0.39 is 14.3 Å². The molecule has 1 N–H and O–H groups in total. The highest BCUT2D eigenvalue weighted by Crippen LogP contribution is 2.70. The molecule has 0 aliphatic heterocycles. The Balaban J connectivity index is 1.74. The van der Waals surface area contributed by atoms with Gasteiger partial charge in [-0.2, -0.15) is 0 Å². The van der Waals surface area contributed by atoms with Gasteiger partial charge in [-0.15, -0.1) is 6.58 Å². The number of hydrogen-bond donors (Lipinski definition) is 1. The molecule has 6 atom stereocenters. The molecule has 3 aliphatic rings. The van der Waals surface area contributed by atoms with Crippen LogP contribution >= 0.6 is 0 Å². The van der Waals surface area contributed by atoms with Gasteiger partial charge < -0.3 is 14.3 Å². The van der Waals surface area contributed by atoms with Gasteiger partial charge in [0.15, 0.2) is 8.32 Å². The molecule has 4 rings (SSSR count). The number of rotatable bonds is 9. The first kappa shape index (κ1) is 28.4. The van der Waals surface area contributed by atoms with Gasteiger partial charge in [-0.3, -0.25) is 4.79 Å². The normalized spacial score (nSPS) is 33.3. The van der Waals surface area contributed by atoms with E-state index in [1.165, 1.54) is 17.5 Å². The maximum absolute atomic E-state index is 11.2. The zero-order chi connectivity index (χ0) is 27.2. The number of fused-ring (bicyclic) bond motifs is 5. The van der Waals surface area contributed by atoms with Gasteiger partial charge in [0.05, 0.1) is 13.2 Å². The van der Waals surface area contributed by atoms with E-state index in [1.807, 2.05) is 0 Å². The minimum atomic E-state index is -1.91. The van der Waals surface area contributed by atoms with E-state index in [0.717, 1.165) is 50.7 Å². The minimum Gasteiger partial charge on any atom is -0.497 e. The predicted octanol–water partition coefficient (Wildman–Crippen LogP) is 8.37. The molecule has 1 aromatic rings. The maximum atomic E-state index is 11.2. The lowest BCUT2D eigenvalue weighted by Gasteiger charge is -2.61. The molecular formula is C32H50O4Si. The molecule has 0 saturated heterocycles. The van der Waals surface area contributed by atoms with Crippen molar-refractivity contribution in [2.24, 2.45) is 22.7 Å². The summed E-state index contributed by atoms with van der Waals surface area (Å²) in [5, 5.41) is 9.42. The first-order valence-corrected chi connectivity index (χ1v) is 17.4. The van der Waals surface area contributed by atoms with Crippen LogP contribution in [0.25, 0.3) is 0 Å². The smallest absolute Gasteiger partial charge is 0.303 e. The molecule has 3 aliphatic carbocycles. The van der Waals surface area contributed by atoms with Crippen LogP contribution in [0.15, 0.2) is 30.9 Å². The van der Waals surface area contributed by atoms with Crippen LogP contribution < -0.4 is 4.74 Å². The summed E-state index contributed by atoms with van der Waals surface area (Å²) in [6, 6.07) is 6.70. The second-order valence-corrected chi connectivity index (χ2v) is 18.7. The number of carbonyl (C=O) groups is 1. The molecule has 0 bridgehead atoms. The van der Waals surface area contributed by atoms with Crippen molar-refractivity contribution in [3.05, 3.63) is 42.0 Å². The molecule has 5 heteroatoms. The maximum Gasteiger partial charge on any atom is 0.303 e. The number of aliphatic carboxylic acids is 1. The van der Waals surface area contributed by atoms with Gasteiger partial charge in [-0.05, 0) is 115 Å². The van der Waals surface area contributed by atoms with Crippen LogP contribution in [0.4, 0.5) is 0 Å². The predicted molar refractivity (Wildman–Crippen MR) is 154 cm³/mol. The van der Waals surface area contributed by atoms with Crippen LogP contribution in [-0.2, 0) is 15.6 Å². The van der Waals surface area contributed by atoms with Crippen molar-refractivity contribution in [1.29, 1.82) is 0 Å². The number of unbranched alkanes of at least 4 members (excludes halogenated alkanes) is 1. The summed E-state index contributed by atoms with van der Waals surface area (Å²) in [5.74, 6) is 1.72. The number of carboxylic acids is 1. The van der Waals surface area contributed by atoms with E-state index in [2.05, 4.69) is 71.6 Å². The number of allylic oxidation sites excluding steroid dienone is 1. The summed E-state index contributed by atoms with van der Waals surface area (Å²) in [4.78, 5) is 11.2. The fourth-order valence-corrected chi connectivity index (χ4v) is 9.65. The lowest BCUT2D eigenvalue weighted by molar-refractivity contribution is -0.137. The van der Waals surface area contributed by atoms with E-state index in [-0.39, 0.29) is 28.4 Å². The highest BCUT2D eigenvalue weighted by atomic mass is 28.4. The average Bonchev–Trinajstić information content (AvgIpc) is 3.15. The number of benzene rings is 1. The van der Waals surface area contributed by atoms with Crippen LogP contribution in [0.5, 0.6) is 5.75 Å². The fourth-order valence-electron chi connectivity index (χ4n) is 8.20. The molecule has 0 unspecified atom stereocenters. The molecule has 0 aromatic heterocycles. The summed E-state index contributed by atoms with van der Waals surface area (Å²) in [6.07, 6.45) is 11.3. The van der Waals surface area contributed by atoms with Gasteiger partial charge >= 0.3 is 5.97 Å². The van der Waals surface area contributed by atoms with Gasteiger partial charge in [-0.25, -0.2) is 0 Å². The highest BCUT2D eigenvalue weighted by molar-refractivity contribution is 6.74. The van der Waals surface area contributed by atoms with Crippen LogP contribution in [0.2, 0.25) is 18.1 Å². The first-order chi connectivity index (χ1) is 17.3. The van der Waals surface area contributed by atoms with E-state index in [4.69, 9.17) is 9.16 Å². The van der Waals surface area contributed by atoms with E-state index in [9.17, 15) is 9.90 Å². The molecule has 2 fully saturated rings. The zero-order valence-electron chi connectivity index (χ0n) is 24.4. The minimum absolute atomic E-state index is 0.0532. The van der Waals surface area contributed by atoms with Crippen molar-refractivity contribution in [3.63, 3.8) is 0 Å². The van der Waals surface area contributed by atoms with E-state index in [0.29, 0.717) is 17.8 Å². The van der Waals surface area contributed by atoms with Crippen LogP contribution in [0.3, 0.4) is 0 Å². The average molecular weight is 527 g/mol. The van der Waals surface area contributed by atoms with Crippen molar-refractivity contribution in [2.75, 3.05) is 7.11 Å². The van der Waals surface area contributed by atoms with E-state index >= 15 is 0 Å². The Morgan fingerprint density at radius 3 is 2.59 bits per heavy atom. The fraction of sp³-hybridized carbons (Fsp3) is 0.719. The quantitative estimate of drug-likeness (QED) is 0.199. The first-order valence-electron chi connectivity index (χ1n) is 14.5. The van der Waals surface area contributed by atoms with Crippen molar-refractivity contribution in [1.82, 2.24) is 0 Å². The van der Waals surface area contributed by atoms with Gasteiger partial charge in [0.25, 0.3) is 0 Å². The Labute approximate surface area is 226 Å². The van der Waals surface area contributed by atoms with Crippen molar-refractivity contribution in [2.45, 2.75) is 116 Å². The summed E-state index contributed by atoms with van der Waals surface area (Å²) < 4.78 is 12.8. The summed E-state index contributed by atoms with van der Waals surface area (Å²) in [5.41, 5.74) is 3.07. The Bertz CT molecular complexity index is 1010. The van der Waals surface area contributed by atoms with Gasteiger partial charge in [0, 0.05) is 6.42 Å².